The van der Waals surface area contributed by atoms with Gasteiger partial charge in [0.15, 0.2) is 0 Å². The molecule has 2 aliphatic heterocycles. The summed E-state index contributed by atoms with van der Waals surface area (Å²) in [6, 6.07) is 11.1. The van der Waals surface area contributed by atoms with Crippen LogP contribution in [-0.4, -0.2) is 18.0 Å². The zero-order valence-electron chi connectivity index (χ0n) is 12.4. The molecule has 0 N–H and O–H groups in total. The van der Waals surface area contributed by atoms with Crippen molar-refractivity contribution >= 4 is 17.5 Å². The van der Waals surface area contributed by atoms with E-state index in [0.717, 1.165) is 25.8 Å². The molecule has 0 saturated carbocycles. The van der Waals surface area contributed by atoms with E-state index in [4.69, 9.17) is 10.3 Å². The fourth-order valence-corrected chi connectivity index (χ4v) is 4.16. The summed E-state index contributed by atoms with van der Waals surface area (Å²) < 4.78 is 0. The molecule has 21 heavy (non-hydrogen) atoms. The molecule has 0 fully saturated rings. The topological polar surface area (TPSA) is 36.1 Å². The van der Waals surface area contributed by atoms with Crippen molar-refractivity contribution < 1.29 is 0 Å². The summed E-state index contributed by atoms with van der Waals surface area (Å²) in [6.45, 7) is 2.98. The molecule has 0 spiro atoms. The Bertz CT molecular complexity index is 637. The van der Waals surface area contributed by atoms with Crippen LogP contribution in [0.15, 0.2) is 39.7 Å². The Morgan fingerprint density at radius 1 is 1.43 bits per heavy atom. The highest BCUT2D eigenvalue weighted by molar-refractivity contribution is 8.04. The highest BCUT2D eigenvalue weighted by atomic mass is 32.2. The molecule has 0 amide bonds. The van der Waals surface area contributed by atoms with Gasteiger partial charge in [-0.05, 0) is 42.9 Å². The first kappa shape index (κ1) is 14.4. The van der Waals surface area contributed by atoms with Gasteiger partial charge in [0.1, 0.15) is 0 Å². The minimum atomic E-state index is 0.178. The van der Waals surface area contributed by atoms with Gasteiger partial charge in [-0.2, -0.15) is 5.26 Å². The second-order valence-corrected chi connectivity index (χ2v) is 6.77. The largest absolute Gasteiger partial charge is 0.279 e. The van der Waals surface area contributed by atoms with Gasteiger partial charge in [-0.1, -0.05) is 25.1 Å². The molecule has 1 aromatic rings. The van der Waals surface area contributed by atoms with Gasteiger partial charge in [0.05, 0.1) is 18.3 Å². The SMILES string of the molecule is CCC(C#N)CCc1cccc(C2=NCC3=C2SCC3)c1. The summed E-state index contributed by atoms with van der Waals surface area (Å²) in [6.07, 6.45) is 4.07. The fraction of sp³-hybridized carbons (Fsp3) is 0.444. The quantitative estimate of drug-likeness (QED) is 0.809. The van der Waals surface area contributed by atoms with Crippen molar-refractivity contribution in [2.24, 2.45) is 10.9 Å². The van der Waals surface area contributed by atoms with Crippen molar-refractivity contribution in [1.29, 1.82) is 5.26 Å². The number of rotatable bonds is 5. The lowest BCUT2D eigenvalue weighted by Crippen LogP contribution is -2.02. The van der Waals surface area contributed by atoms with Crippen molar-refractivity contribution in [2.45, 2.75) is 32.6 Å². The number of aliphatic imine (C=N–C) groups is 1. The number of allylic oxidation sites excluding steroid dienone is 1. The van der Waals surface area contributed by atoms with Crippen molar-refractivity contribution in [3.63, 3.8) is 0 Å². The zero-order valence-corrected chi connectivity index (χ0v) is 13.2. The van der Waals surface area contributed by atoms with Crippen LogP contribution in [0.2, 0.25) is 0 Å². The van der Waals surface area contributed by atoms with Gasteiger partial charge < -0.3 is 0 Å². The van der Waals surface area contributed by atoms with E-state index in [1.54, 1.807) is 0 Å². The Balaban J connectivity index is 1.74. The fourth-order valence-electron chi connectivity index (χ4n) is 2.92. The zero-order chi connectivity index (χ0) is 14.7. The maximum atomic E-state index is 9.06. The summed E-state index contributed by atoms with van der Waals surface area (Å²) >= 11 is 1.95. The number of nitriles is 1. The summed E-state index contributed by atoms with van der Waals surface area (Å²) in [5, 5.41) is 9.06. The van der Waals surface area contributed by atoms with E-state index in [1.165, 1.54) is 39.5 Å². The van der Waals surface area contributed by atoms with Gasteiger partial charge in [-0.3, -0.25) is 4.99 Å². The maximum absolute atomic E-state index is 9.06. The Kier molecular flexibility index (Phi) is 4.45. The normalized spacial score (nSPS) is 18.4. The average molecular weight is 296 g/mol. The number of aryl methyl sites for hydroxylation is 1. The standard InChI is InChI=1S/C18H20N2S/c1-2-13(11-19)6-7-14-4-3-5-15(10-14)17-18-16(12-20-17)8-9-21-18/h3-5,10,13H,2,6-9,12H2,1H3. The predicted octanol–water partition coefficient (Wildman–Crippen LogP) is 4.36. The monoisotopic (exact) mass is 296 g/mol. The molecule has 0 saturated heterocycles. The van der Waals surface area contributed by atoms with Crippen LogP contribution < -0.4 is 0 Å². The van der Waals surface area contributed by atoms with Crippen LogP contribution in [0.4, 0.5) is 0 Å². The summed E-state index contributed by atoms with van der Waals surface area (Å²) in [7, 11) is 0. The molecule has 3 rings (SSSR count). The second kappa shape index (κ2) is 6.49. The summed E-state index contributed by atoms with van der Waals surface area (Å²) in [4.78, 5) is 6.16. The smallest absolute Gasteiger partial charge is 0.0786 e. The minimum absolute atomic E-state index is 0.178. The van der Waals surface area contributed by atoms with Crippen LogP contribution in [0, 0.1) is 17.2 Å². The van der Waals surface area contributed by atoms with Gasteiger partial charge in [-0.25, -0.2) is 0 Å². The Morgan fingerprint density at radius 3 is 3.14 bits per heavy atom. The second-order valence-electron chi connectivity index (χ2n) is 5.67. The van der Waals surface area contributed by atoms with Crippen LogP contribution in [-0.2, 0) is 6.42 Å². The van der Waals surface area contributed by atoms with Crippen molar-refractivity contribution in [2.75, 3.05) is 12.3 Å². The van der Waals surface area contributed by atoms with Crippen molar-refractivity contribution in [1.82, 2.24) is 0 Å². The molecule has 1 atom stereocenters. The van der Waals surface area contributed by atoms with Gasteiger partial charge in [0.25, 0.3) is 0 Å². The average Bonchev–Trinajstić information content (AvgIpc) is 3.11. The number of hydrogen-bond donors (Lipinski definition) is 0. The van der Waals surface area contributed by atoms with Gasteiger partial charge in [0, 0.05) is 22.1 Å². The van der Waals surface area contributed by atoms with E-state index in [1.807, 2.05) is 11.8 Å². The highest BCUT2D eigenvalue weighted by Gasteiger charge is 2.25. The maximum Gasteiger partial charge on any atom is 0.0786 e. The molecule has 2 nitrogen and oxygen atoms in total. The number of nitrogens with zero attached hydrogens (tertiary/aromatic N) is 2. The Labute approximate surface area is 131 Å². The molecule has 0 aromatic heterocycles. The Hall–Kier alpha value is -1.53. The van der Waals surface area contributed by atoms with E-state index in [2.05, 4.69) is 37.3 Å². The number of thioether (sulfide) groups is 1. The third-order valence-corrected chi connectivity index (χ3v) is 5.45. The molecule has 108 valence electrons. The minimum Gasteiger partial charge on any atom is -0.279 e. The third-order valence-electron chi connectivity index (χ3n) is 4.27. The van der Waals surface area contributed by atoms with E-state index in [0.29, 0.717) is 0 Å². The lowest BCUT2D eigenvalue weighted by Gasteiger charge is -2.09. The van der Waals surface area contributed by atoms with E-state index in [9.17, 15) is 0 Å². The number of benzene rings is 1. The first-order valence-electron chi connectivity index (χ1n) is 7.70. The molecule has 2 heterocycles. The highest BCUT2D eigenvalue weighted by Crippen LogP contribution is 2.38. The molecule has 1 unspecified atom stereocenters. The van der Waals surface area contributed by atoms with Gasteiger partial charge in [0.2, 0.25) is 0 Å². The van der Waals surface area contributed by atoms with E-state index >= 15 is 0 Å². The summed E-state index contributed by atoms with van der Waals surface area (Å²) in [5.41, 5.74) is 5.29. The van der Waals surface area contributed by atoms with Crippen molar-refractivity contribution in [3.05, 3.63) is 45.9 Å². The van der Waals surface area contributed by atoms with Crippen molar-refractivity contribution in [3.8, 4) is 6.07 Å². The molecular weight excluding hydrogens is 276 g/mol. The summed E-state index contributed by atoms with van der Waals surface area (Å²) in [5.74, 6) is 1.39. The lowest BCUT2D eigenvalue weighted by atomic mass is 9.97. The molecule has 2 aliphatic rings. The first-order valence-corrected chi connectivity index (χ1v) is 8.69. The molecular formula is C18H20N2S. The molecule has 0 aliphatic carbocycles. The van der Waals surface area contributed by atoms with E-state index in [-0.39, 0.29) is 5.92 Å². The lowest BCUT2D eigenvalue weighted by molar-refractivity contribution is 0.585. The first-order chi connectivity index (χ1) is 10.3. The van der Waals surface area contributed by atoms with E-state index < -0.39 is 0 Å². The van der Waals surface area contributed by atoms with Crippen LogP contribution in [0.5, 0.6) is 0 Å². The van der Waals surface area contributed by atoms with Crippen LogP contribution >= 0.6 is 11.8 Å². The Morgan fingerprint density at radius 2 is 2.33 bits per heavy atom. The molecule has 0 bridgehead atoms. The molecule has 3 heteroatoms. The van der Waals surface area contributed by atoms with Crippen LogP contribution in [0.1, 0.15) is 37.3 Å². The van der Waals surface area contributed by atoms with Crippen LogP contribution in [0.25, 0.3) is 0 Å². The van der Waals surface area contributed by atoms with Gasteiger partial charge >= 0.3 is 0 Å². The predicted molar refractivity (Wildman–Crippen MR) is 89.7 cm³/mol. The van der Waals surface area contributed by atoms with Crippen LogP contribution in [0.3, 0.4) is 0 Å². The third kappa shape index (κ3) is 3.06. The molecule has 0 radical (unpaired) electrons. The van der Waals surface area contributed by atoms with Gasteiger partial charge in [-0.15, -0.1) is 11.8 Å². The number of hydrogen-bond acceptors (Lipinski definition) is 3. The molecule has 1 aromatic carbocycles.